The maximum Gasteiger partial charge on any atom is 0.140 e. The van der Waals surface area contributed by atoms with Gasteiger partial charge in [0.2, 0.25) is 0 Å². The molecule has 0 fully saturated rings. The number of hydrogen-bond acceptors (Lipinski definition) is 1. The minimum absolute atomic E-state index is 0.772. The average molecular weight is 735 g/mol. The molecular formula is C55H46N2. The van der Waals surface area contributed by atoms with Crippen molar-refractivity contribution in [2.75, 3.05) is 0 Å². The van der Waals surface area contributed by atoms with Gasteiger partial charge in [-0.05, 0) is 121 Å². The first-order valence-corrected chi connectivity index (χ1v) is 20.2. The fourth-order valence-electron chi connectivity index (χ4n) is 8.44. The minimum Gasteiger partial charge on any atom is -0.324 e. The number of hydrogen-bond donors (Lipinski definition) is 0. The van der Waals surface area contributed by atoms with Crippen molar-refractivity contribution in [3.8, 4) is 44.8 Å². The van der Waals surface area contributed by atoms with Crippen LogP contribution >= 0.6 is 0 Å². The van der Waals surface area contributed by atoms with Gasteiger partial charge in [0.05, 0.1) is 5.69 Å². The Hall–Kier alpha value is -6.77. The number of aromatic nitrogens is 2. The van der Waals surface area contributed by atoms with E-state index in [1.54, 1.807) is 0 Å². The SMILES string of the molecule is C=CCCc1nc(-c2ccc(-c3ccc4c(-c5ccc6ccccc6c5)c5ccccc5c(-c5ccc6ccccc6c5)c4c3)cc2)n(C/C=C\C=C/CC)c1C. The number of imidazole rings is 1. The summed E-state index contributed by atoms with van der Waals surface area (Å²) in [5.74, 6) is 1.01. The molecule has 0 N–H and O–H groups in total. The zero-order valence-corrected chi connectivity index (χ0v) is 32.8. The van der Waals surface area contributed by atoms with Gasteiger partial charge in [0.1, 0.15) is 5.82 Å². The minimum atomic E-state index is 0.772. The molecular weight excluding hydrogens is 689 g/mol. The van der Waals surface area contributed by atoms with Crippen LogP contribution in [0.5, 0.6) is 0 Å². The number of benzene rings is 8. The third kappa shape index (κ3) is 6.89. The molecule has 0 aliphatic heterocycles. The Morgan fingerprint density at radius 2 is 1.05 bits per heavy atom. The molecule has 2 nitrogen and oxygen atoms in total. The molecule has 0 aliphatic carbocycles. The summed E-state index contributed by atoms with van der Waals surface area (Å²) in [6.07, 6.45) is 13.5. The van der Waals surface area contributed by atoms with Crippen molar-refractivity contribution in [2.45, 2.75) is 39.7 Å². The van der Waals surface area contributed by atoms with Gasteiger partial charge >= 0.3 is 0 Å². The van der Waals surface area contributed by atoms with Crippen molar-refractivity contribution >= 4 is 43.1 Å². The van der Waals surface area contributed by atoms with E-state index in [-0.39, 0.29) is 0 Å². The van der Waals surface area contributed by atoms with Crippen molar-refractivity contribution in [1.29, 1.82) is 0 Å². The highest BCUT2D eigenvalue weighted by atomic mass is 15.1. The van der Waals surface area contributed by atoms with E-state index >= 15 is 0 Å². The summed E-state index contributed by atoms with van der Waals surface area (Å²) in [7, 11) is 0. The van der Waals surface area contributed by atoms with Crippen molar-refractivity contribution in [1.82, 2.24) is 9.55 Å². The van der Waals surface area contributed by atoms with Crippen LogP contribution in [0.1, 0.15) is 31.2 Å². The van der Waals surface area contributed by atoms with Crippen LogP contribution in [0.2, 0.25) is 0 Å². The molecule has 0 radical (unpaired) electrons. The lowest BCUT2D eigenvalue weighted by molar-refractivity contribution is 0.793. The van der Waals surface area contributed by atoms with Gasteiger partial charge in [-0.3, -0.25) is 0 Å². The molecule has 276 valence electrons. The zero-order chi connectivity index (χ0) is 38.7. The molecule has 0 atom stereocenters. The Morgan fingerprint density at radius 3 is 1.68 bits per heavy atom. The molecule has 0 unspecified atom stereocenters. The van der Waals surface area contributed by atoms with Crippen molar-refractivity contribution < 1.29 is 0 Å². The predicted molar refractivity (Wildman–Crippen MR) is 246 cm³/mol. The van der Waals surface area contributed by atoms with Gasteiger partial charge in [0.25, 0.3) is 0 Å². The van der Waals surface area contributed by atoms with E-state index in [4.69, 9.17) is 4.98 Å². The van der Waals surface area contributed by atoms with Gasteiger partial charge in [-0.1, -0.05) is 171 Å². The van der Waals surface area contributed by atoms with Crippen LogP contribution in [0.25, 0.3) is 87.9 Å². The van der Waals surface area contributed by atoms with E-state index < -0.39 is 0 Å². The van der Waals surface area contributed by atoms with Gasteiger partial charge in [-0.25, -0.2) is 4.98 Å². The molecule has 8 aromatic carbocycles. The molecule has 0 amide bonds. The summed E-state index contributed by atoms with van der Waals surface area (Å²) in [5, 5.41) is 9.99. The zero-order valence-electron chi connectivity index (χ0n) is 32.8. The normalized spacial score (nSPS) is 11.9. The number of fused-ring (bicyclic) bond motifs is 4. The molecule has 57 heavy (non-hydrogen) atoms. The van der Waals surface area contributed by atoms with Gasteiger partial charge < -0.3 is 4.57 Å². The number of nitrogens with zero attached hydrogens (tertiary/aromatic N) is 2. The fourth-order valence-corrected chi connectivity index (χ4v) is 8.44. The van der Waals surface area contributed by atoms with Crippen LogP contribution in [0.15, 0.2) is 189 Å². The Labute approximate surface area is 335 Å². The Bertz CT molecular complexity index is 2990. The molecule has 9 rings (SSSR count). The van der Waals surface area contributed by atoms with E-state index in [1.165, 1.54) is 82.2 Å². The van der Waals surface area contributed by atoms with Crippen LogP contribution in [0, 0.1) is 6.92 Å². The molecule has 0 bridgehead atoms. The lowest BCUT2D eigenvalue weighted by Crippen LogP contribution is -2.01. The third-order valence-corrected chi connectivity index (χ3v) is 11.4. The predicted octanol–water partition coefficient (Wildman–Crippen LogP) is 15.1. The first-order chi connectivity index (χ1) is 28.1. The molecule has 0 saturated heterocycles. The lowest BCUT2D eigenvalue weighted by Gasteiger charge is -2.19. The average Bonchev–Trinajstić information content (AvgIpc) is 3.58. The van der Waals surface area contributed by atoms with Crippen LogP contribution in [0.3, 0.4) is 0 Å². The monoisotopic (exact) mass is 734 g/mol. The largest absolute Gasteiger partial charge is 0.324 e. The quantitative estimate of drug-likeness (QED) is 0.0735. The molecule has 9 aromatic rings. The molecule has 0 saturated carbocycles. The molecule has 1 aromatic heterocycles. The Balaban J connectivity index is 1.21. The topological polar surface area (TPSA) is 17.8 Å². The van der Waals surface area contributed by atoms with E-state index in [0.29, 0.717) is 0 Å². The van der Waals surface area contributed by atoms with Crippen LogP contribution < -0.4 is 0 Å². The first kappa shape index (κ1) is 35.9. The van der Waals surface area contributed by atoms with E-state index in [0.717, 1.165) is 42.9 Å². The lowest BCUT2D eigenvalue weighted by atomic mass is 9.84. The molecule has 0 aliphatic rings. The fraction of sp³-hybridized carbons (Fsp3) is 0.109. The summed E-state index contributed by atoms with van der Waals surface area (Å²) in [4.78, 5) is 5.19. The Morgan fingerprint density at radius 1 is 0.526 bits per heavy atom. The maximum absolute atomic E-state index is 5.19. The van der Waals surface area contributed by atoms with E-state index in [1.807, 2.05) is 6.08 Å². The van der Waals surface area contributed by atoms with Crippen molar-refractivity contribution in [3.05, 3.63) is 200 Å². The summed E-state index contributed by atoms with van der Waals surface area (Å²) in [6.45, 7) is 9.08. The summed E-state index contributed by atoms with van der Waals surface area (Å²) in [5.41, 5.74) is 10.8. The van der Waals surface area contributed by atoms with Crippen LogP contribution in [-0.4, -0.2) is 9.55 Å². The second-order valence-corrected chi connectivity index (χ2v) is 14.9. The van der Waals surface area contributed by atoms with Crippen LogP contribution in [-0.2, 0) is 13.0 Å². The first-order valence-electron chi connectivity index (χ1n) is 20.2. The summed E-state index contributed by atoms with van der Waals surface area (Å²) in [6, 6.07) is 56.1. The van der Waals surface area contributed by atoms with Gasteiger partial charge in [0.15, 0.2) is 0 Å². The maximum atomic E-state index is 5.19. The van der Waals surface area contributed by atoms with E-state index in [9.17, 15) is 0 Å². The standard InChI is InChI=1S/C55H46N2/c1-4-6-8-9-16-34-57-38(3)52(23-7-5-2)56-55(57)42-28-24-41(25-29-42)45-32-33-50-51(37-45)54(47-31-27-40-18-11-13-20-44(40)36-47)49-22-15-14-21-48(49)53(50)46-30-26-39-17-10-12-19-43(39)35-46/h5-6,8-22,24-33,35-37H,2,4,7,23,34H2,1,3H3/b8-6-,16-9-. The molecule has 1 heterocycles. The van der Waals surface area contributed by atoms with Gasteiger partial charge in [-0.15, -0.1) is 6.58 Å². The number of rotatable bonds is 11. The highest BCUT2D eigenvalue weighted by molar-refractivity contribution is 6.22. The second kappa shape index (κ2) is 15.8. The summed E-state index contributed by atoms with van der Waals surface area (Å²) >= 11 is 0. The number of aryl methyl sites for hydroxylation is 1. The summed E-state index contributed by atoms with van der Waals surface area (Å²) < 4.78 is 2.34. The van der Waals surface area contributed by atoms with Gasteiger partial charge in [-0.2, -0.15) is 0 Å². The second-order valence-electron chi connectivity index (χ2n) is 14.9. The van der Waals surface area contributed by atoms with E-state index in [2.05, 4.69) is 201 Å². The highest BCUT2D eigenvalue weighted by Gasteiger charge is 2.19. The highest BCUT2D eigenvalue weighted by Crippen LogP contribution is 2.46. The third-order valence-electron chi connectivity index (χ3n) is 11.4. The smallest absolute Gasteiger partial charge is 0.140 e. The molecule has 0 spiro atoms. The van der Waals surface area contributed by atoms with Crippen molar-refractivity contribution in [3.63, 3.8) is 0 Å². The van der Waals surface area contributed by atoms with Crippen LogP contribution in [0.4, 0.5) is 0 Å². The van der Waals surface area contributed by atoms with Crippen molar-refractivity contribution in [2.24, 2.45) is 0 Å². The molecule has 2 heteroatoms. The van der Waals surface area contributed by atoms with Gasteiger partial charge in [0, 0.05) is 17.8 Å². The number of allylic oxidation sites excluding steroid dienone is 5. The Kier molecular flexibility index (Phi) is 9.93.